The molecule has 0 heterocycles. The number of hydrogen-bond acceptors (Lipinski definition) is 3. The van der Waals surface area contributed by atoms with Crippen LogP contribution in [0.4, 0.5) is 0 Å². The molecule has 0 fully saturated rings. The van der Waals surface area contributed by atoms with Crippen molar-refractivity contribution in [2.45, 2.75) is 41.5 Å². The van der Waals surface area contributed by atoms with Crippen molar-refractivity contribution in [3.8, 4) is 0 Å². The molecule has 90 valence electrons. The second kappa shape index (κ2) is 5.50. The minimum atomic E-state index is -0.584. The number of esters is 1. The number of rotatable bonds is 5. The third-order valence-electron chi connectivity index (χ3n) is 2.98. The average Bonchev–Trinajstić information content (AvgIpc) is 2.12. The van der Waals surface area contributed by atoms with Crippen molar-refractivity contribution in [1.29, 1.82) is 0 Å². The Labute approximate surface area is 93.1 Å². The second-order valence-electron chi connectivity index (χ2n) is 4.94. The summed E-state index contributed by atoms with van der Waals surface area (Å²) in [6.07, 6.45) is 0. The van der Waals surface area contributed by atoms with E-state index in [1.807, 2.05) is 41.5 Å². The van der Waals surface area contributed by atoms with E-state index in [9.17, 15) is 4.79 Å². The van der Waals surface area contributed by atoms with Gasteiger partial charge in [-0.05, 0) is 26.2 Å². The summed E-state index contributed by atoms with van der Waals surface area (Å²) in [5.74, 6) is -0.175. The van der Waals surface area contributed by atoms with E-state index in [1.165, 1.54) is 0 Å². The Morgan fingerprint density at radius 3 is 1.93 bits per heavy atom. The van der Waals surface area contributed by atoms with Crippen LogP contribution in [0.1, 0.15) is 41.5 Å². The van der Waals surface area contributed by atoms with Gasteiger partial charge in [-0.1, -0.05) is 20.8 Å². The molecule has 0 aromatic heterocycles. The third-order valence-corrected chi connectivity index (χ3v) is 2.98. The fraction of sp³-hybridized carbons (Fsp3) is 0.917. The Balaban J connectivity index is 4.77. The predicted octanol–water partition coefficient (Wildman–Crippen LogP) is 2.64. The fourth-order valence-electron chi connectivity index (χ4n) is 1.18. The summed E-state index contributed by atoms with van der Waals surface area (Å²) in [5, 5.41) is 0. The number of hydrogen-bond donors (Lipinski definition) is 0. The van der Waals surface area contributed by atoms with Gasteiger partial charge in [-0.2, -0.15) is 0 Å². The van der Waals surface area contributed by atoms with E-state index in [2.05, 4.69) is 0 Å². The molecule has 0 spiro atoms. The van der Waals surface area contributed by atoms with Crippen LogP contribution in [0.3, 0.4) is 0 Å². The summed E-state index contributed by atoms with van der Waals surface area (Å²) in [6, 6.07) is 0. The topological polar surface area (TPSA) is 35.5 Å². The molecule has 0 amide bonds. The second-order valence-corrected chi connectivity index (χ2v) is 4.94. The van der Waals surface area contributed by atoms with E-state index >= 15 is 0 Å². The Kier molecular flexibility index (Phi) is 5.29. The molecule has 0 aliphatic rings. The standard InChI is InChI=1S/C12H24O3/c1-7-14-9-12(6,11(3,4)5)10(13)15-8-2/h7-9H2,1-6H3. The Bertz CT molecular complexity index is 205. The van der Waals surface area contributed by atoms with E-state index in [4.69, 9.17) is 9.47 Å². The van der Waals surface area contributed by atoms with E-state index in [0.29, 0.717) is 19.8 Å². The number of carbonyl (C=O) groups excluding carboxylic acids is 1. The molecular formula is C12H24O3. The van der Waals surface area contributed by atoms with Gasteiger partial charge >= 0.3 is 5.97 Å². The normalized spacial score (nSPS) is 15.9. The molecule has 0 aromatic rings. The largest absolute Gasteiger partial charge is 0.465 e. The molecule has 0 aliphatic carbocycles. The molecule has 3 heteroatoms. The maximum absolute atomic E-state index is 11.9. The van der Waals surface area contributed by atoms with Gasteiger partial charge < -0.3 is 9.47 Å². The Morgan fingerprint density at radius 2 is 1.60 bits per heavy atom. The molecule has 15 heavy (non-hydrogen) atoms. The van der Waals surface area contributed by atoms with Crippen LogP contribution in [0.25, 0.3) is 0 Å². The van der Waals surface area contributed by atoms with Crippen molar-refractivity contribution < 1.29 is 14.3 Å². The van der Waals surface area contributed by atoms with E-state index in [1.54, 1.807) is 0 Å². The molecule has 0 aromatic carbocycles. The summed E-state index contributed by atoms with van der Waals surface area (Å²) in [6.45, 7) is 13.2. The van der Waals surface area contributed by atoms with Gasteiger partial charge in [0.2, 0.25) is 0 Å². The highest BCUT2D eigenvalue weighted by molar-refractivity contribution is 5.77. The highest BCUT2D eigenvalue weighted by Gasteiger charge is 2.45. The van der Waals surface area contributed by atoms with Crippen molar-refractivity contribution in [3.63, 3.8) is 0 Å². The van der Waals surface area contributed by atoms with Crippen LogP contribution in [0.15, 0.2) is 0 Å². The van der Waals surface area contributed by atoms with E-state index < -0.39 is 5.41 Å². The lowest BCUT2D eigenvalue weighted by molar-refractivity contribution is -0.166. The van der Waals surface area contributed by atoms with Crippen LogP contribution in [0.5, 0.6) is 0 Å². The molecule has 3 nitrogen and oxygen atoms in total. The molecule has 1 atom stereocenters. The molecule has 0 radical (unpaired) electrons. The Morgan fingerprint density at radius 1 is 1.07 bits per heavy atom. The third kappa shape index (κ3) is 3.49. The van der Waals surface area contributed by atoms with Crippen LogP contribution in [0, 0.1) is 10.8 Å². The first-order chi connectivity index (χ1) is 6.79. The first-order valence-electron chi connectivity index (χ1n) is 5.54. The fourth-order valence-corrected chi connectivity index (χ4v) is 1.18. The first kappa shape index (κ1) is 14.4. The summed E-state index contributed by atoms with van der Waals surface area (Å²) < 4.78 is 10.5. The van der Waals surface area contributed by atoms with Crippen molar-refractivity contribution >= 4 is 5.97 Å². The zero-order chi connectivity index (χ0) is 12.1. The van der Waals surface area contributed by atoms with Gasteiger partial charge in [0.15, 0.2) is 0 Å². The van der Waals surface area contributed by atoms with Gasteiger partial charge in [0.05, 0.1) is 18.6 Å². The predicted molar refractivity (Wildman–Crippen MR) is 60.7 cm³/mol. The van der Waals surface area contributed by atoms with Crippen molar-refractivity contribution in [2.24, 2.45) is 10.8 Å². The molecule has 0 saturated heterocycles. The maximum Gasteiger partial charge on any atom is 0.314 e. The highest BCUT2D eigenvalue weighted by atomic mass is 16.5. The van der Waals surface area contributed by atoms with Crippen LogP contribution < -0.4 is 0 Å². The number of carbonyl (C=O) groups is 1. The van der Waals surface area contributed by atoms with E-state index in [0.717, 1.165) is 0 Å². The maximum atomic E-state index is 11.9. The van der Waals surface area contributed by atoms with Crippen LogP contribution in [-0.2, 0) is 14.3 Å². The zero-order valence-electron chi connectivity index (χ0n) is 10.8. The quantitative estimate of drug-likeness (QED) is 0.663. The van der Waals surface area contributed by atoms with Crippen LogP contribution >= 0.6 is 0 Å². The van der Waals surface area contributed by atoms with Gasteiger partial charge in [-0.3, -0.25) is 4.79 Å². The molecule has 1 unspecified atom stereocenters. The SMILES string of the molecule is CCOCC(C)(C(=O)OCC)C(C)(C)C. The van der Waals surface area contributed by atoms with Gasteiger partial charge in [-0.25, -0.2) is 0 Å². The lowest BCUT2D eigenvalue weighted by Crippen LogP contribution is -2.45. The lowest BCUT2D eigenvalue weighted by atomic mass is 9.68. The van der Waals surface area contributed by atoms with Crippen molar-refractivity contribution in [1.82, 2.24) is 0 Å². The summed E-state index contributed by atoms with van der Waals surface area (Å²) >= 11 is 0. The van der Waals surface area contributed by atoms with E-state index in [-0.39, 0.29) is 11.4 Å². The molecule has 0 bridgehead atoms. The molecule has 0 saturated carbocycles. The summed E-state index contributed by atoms with van der Waals surface area (Å²) in [5.41, 5.74) is -0.757. The summed E-state index contributed by atoms with van der Waals surface area (Å²) in [7, 11) is 0. The molecule has 0 aliphatic heterocycles. The highest BCUT2D eigenvalue weighted by Crippen LogP contribution is 2.39. The smallest absolute Gasteiger partial charge is 0.314 e. The molecule has 0 N–H and O–H groups in total. The Hall–Kier alpha value is -0.570. The lowest BCUT2D eigenvalue weighted by Gasteiger charge is -2.39. The first-order valence-corrected chi connectivity index (χ1v) is 5.54. The van der Waals surface area contributed by atoms with Crippen LogP contribution in [0.2, 0.25) is 0 Å². The molecule has 0 rings (SSSR count). The molecular weight excluding hydrogens is 192 g/mol. The average molecular weight is 216 g/mol. The minimum Gasteiger partial charge on any atom is -0.465 e. The van der Waals surface area contributed by atoms with Gasteiger partial charge in [0.1, 0.15) is 0 Å². The zero-order valence-corrected chi connectivity index (χ0v) is 10.8. The van der Waals surface area contributed by atoms with Gasteiger partial charge in [0, 0.05) is 6.61 Å². The monoisotopic (exact) mass is 216 g/mol. The van der Waals surface area contributed by atoms with Crippen LogP contribution in [-0.4, -0.2) is 25.8 Å². The van der Waals surface area contributed by atoms with Crippen molar-refractivity contribution in [2.75, 3.05) is 19.8 Å². The van der Waals surface area contributed by atoms with Gasteiger partial charge in [0.25, 0.3) is 0 Å². The minimum absolute atomic E-state index is 0.172. The van der Waals surface area contributed by atoms with Crippen molar-refractivity contribution in [3.05, 3.63) is 0 Å². The summed E-state index contributed by atoms with van der Waals surface area (Å²) in [4.78, 5) is 11.9. The number of ether oxygens (including phenoxy) is 2. The van der Waals surface area contributed by atoms with Gasteiger partial charge in [-0.15, -0.1) is 0 Å².